The fourth-order valence-electron chi connectivity index (χ4n) is 1.67. The summed E-state index contributed by atoms with van der Waals surface area (Å²) in [6, 6.07) is 5.94. The Morgan fingerprint density at radius 2 is 2.00 bits per heavy atom. The van der Waals surface area contributed by atoms with Crippen molar-refractivity contribution in [1.82, 2.24) is 0 Å². The zero-order valence-corrected chi connectivity index (χ0v) is 9.59. The molecule has 0 saturated heterocycles. The lowest BCUT2D eigenvalue weighted by Crippen LogP contribution is -2.15. The van der Waals surface area contributed by atoms with Gasteiger partial charge in [0.25, 0.3) is 0 Å². The second-order valence-corrected chi connectivity index (χ2v) is 4.19. The topological polar surface area (TPSA) is 18.5 Å². The minimum Gasteiger partial charge on any atom is -0.486 e. The average Bonchev–Trinajstić information content (AvgIpc) is 2.29. The number of rotatable bonds is 3. The lowest BCUT2D eigenvalue weighted by atomic mass is 10.1. The maximum atomic E-state index is 6.25. The second kappa shape index (κ2) is 4.75. The van der Waals surface area contributed by atoms with Crippen molar-refractivity contribution in [3.05, 3.63) is 23.8 Å². The average molecular weight is 227 g/mol. The molecule has 0 fully saturated rings. The molecule has 1 aliphatic rings. The molecule has 0 amide bonds. The molecule has 0 saturated carbocycles. The highest BCUT2D eigenvalue weighted by Crippen LogP contribution is 2.35. The zero-order valence-electron chi connectivity index (χ0n) is 8.83. The van der Waals surface area contributed by atoms with Gasteiger partial charge in [0.15, 0.2) is 11.5 Å². The number of halogens is 1. The van der Waals surface area contributed by atoms with Gasteiger partial charge in [-0.2, -0.15) is 0 Å². The highest BCUT2D eigenvalue weighted by atomic mass is 35.5. The molecule has 3 heteroatoms. The third-order valence-corrected chi connectivity index (χ3v) is 2.94. The molecule has 0 bridgehead atoms. The maximum absolute atomic E-state index is 6.25. The van der Waals surface area contributed by atoms with Crippen molar-refractivity contribution in [3.8, 4) is 11.5 Å². The summed E-state index contributed by atoms with van der Waals surface area (Å²) in [7, 11) is 0. The molecule has 1 aromatic rings. The summed E-state index contributed by atoms with van der Waals surface area (Å²) in [5.74, 6) is 1.64. The highest BCUT2D eigenvalue weighted by molar-refractivity contribution is 6.20. The van der Waals surface area contributed by atoms with Gasteiger partial charge >= 0.3 is 0 Å². The van der Waals surface area contributed by atoms with Gasteiger partial charge < -0.3 is 9.47 Å². The molecule has 1 atom stereocenters. The molecular formula is C12H15ClO2. The van der Waals surface area contributed by atoms with Crippen molar-refractivity contribution in [2.45, 2.75) is 25.1 Å². The van der Waals surface area contributed by atoms with Gasteiger partial charge in [0.05, 0.1) is 5.38 Å². The van der Waals surface area contributed by atoms with Gasteiger partial charge in [0, 0.05) is 0 Å². The van der Waals surface area contributed by atoms with Crippen molar-refractivity contribution in [2.24, 2.45) is 0 Å². The summed E-state index contributed by atoms with van der Waals surface area (Å²) in [5.41, 5.74) is 1.11. The molecule has 0 spiro atoms. The van der Waals surface area contributed by atoms with Gasteiger partial charge in [-0.3, -0.25) is 0 Å². The molecule has 1 aromatic carbocycles. The summed E-state index contributed by atoms with van der Waals surface area (Å²) in [6.45, 7) is 3.39. The van der Waals surface area contributed by atoms with E-state index in [2.05, 4.69) is 6.92 Å². The monoisotopic (exact) mass is 226 g/mol. The first-order valence-corrected chi connectivity index (χ1v) is 5.78. The van der Waals surface area contributed by atoms with E-state index in [0.717, 1.165) is 29.9 Å². The summed E-state index contributed by atoms with van der Waals surface area (Å²) < 4.78 is 11.0. The Kier molecular flexibility index (Phi) is 3.37. The van der Waals surface area contributed by atoms with Crippen LogP contribution in [0.5, 0.6) is 11.5 Å². The lowest BCUT2D eigenvalue weighted by Gasteiger charge is -2.19. The summed E-state index contributed by atoms with van der Waals surface area (Å²) >= 11 is 6.25. The smallest absolute Gasteiger partial charge is 0.161 e. The predicted octanol–water partition coefficient (Wildman–Crippen LogP) is 3.54. The van der Waals surface area contributed by atoms with Crippen LogP contribution >= 0.6 is 11.6 Å². The minimum atomic E-state index is 0.0748. The summed E-state index contributed by atoms with van der Waals surface area (Å²) in [6.07, 6.45) is 2.07. The van der Waals surface area contributed by atoms with Crippen LogP contribution in [0.25, 0.3) is 0 Å². The number of fused-ring (bicyclic) bond motifs is 1. The zero-order chi connectivity index (χ0) is 10.7. The molecule has 1 unspecified atom stereocenters. The van der Waals surface area contributed by atoms with Crippen molar-refractivity contribution >= 4 is 11.6 Å². The molecule has 0 aliphatic carbocycles. The minimum absolute atomic E-state index is 0.0748. The van der Waals surface area contributed by atoms with Gasteiger partial charge in [0.1, 0.15) is 13.2 Å². The largest absolute Gasteiger partial charge is 0.486 e. The SMILES string of the molecule is CCCC(Cl)c1ccc2c(c1)OCCO2. The number of ether oxygens (including phenoxy) is 2. The van der Waals surface area contributed by atoms with Crippen LogP contribution in [-0.2, 0) is 0 Å². The number of alkyl halides is 1. The molecular weight excluding hydrogens is 212 g/mol. The van der Waals surface area contributed by atoms with Crippen LogP contribution in [0, 0.1) is 0 Å². The summed E-state index contributed by atoms with van der Waals surface area (Å²) in [5, 5.41) is 0.0748. The third kappa shape index (κ3) is 2.37. The van der Waals surface area contributed by atoms with Gasteiger partial charge in [0.2, 0.25) is 0 Å². The van der Waals surface area contributed by atoms with E-state index in [1.165, 1.54) is 0 Å². The highest BCUT2D eigenvalue weighted by Gasteiger charge is 2.14. The fourth-order valence-corrected chi connectivity index (χ4v) is 2.03. The standard InChI is InChI=1S/C12H15ClO2/c1-2-3-10(13)9-4-5-11-12(8-9)15-7-6-14-11/h4-5,8,10H,2-3,6-7H2,1H3. The molecule has 82 valence electrons. The Bertz CT molecular complexity index is 338. The van der Waals surface area contributed by atoms with E-state index in [9.17, 15) is 0 Å². The fraction of sp³-hybridized carbons (Fsp3) is 0.500. The number of benzene rings is 1. The van der Waals surface area contributed by atoms with Crippen LogP contribution < -0.4 is 9.47 Å². The first kappa shape index (κ1) is 10.6. The number of hydrogen-bond donors (Lipinski definition) is 0. The Balaban J connectivity index is 2.20. The van der Waals surface area contributed by atoms with Gasteiger partial charge in [-0.05, 0) is 24.1 Å². The van der Waals surface area contributed by atoms with E-state index < -0.39 is 0 Å². The van der Waals surface area contributed by atoms with E-state index in [4.69, 9.17) is 21.1 Å². The Labute approximate surface area is 95.1 Å². The van der Waals surface area contributed by atoms with Crippen molar-refractivity contribution in [1.29, 1.82) is 0 Å². The van der Waals surface area contributed by atoms with E-state index in [1.54, 1.807) is 0 Å². The molecule has 2 nitrogen and oxygen atoms in total. The molecule has 1 heterocycles. The molecule has 15 heavy (non-hydrogen) atoms. The maximum Gasteiger partial charge on any atom is 0.161 e. The van der Waals surface area contributed by atoms with E-state index in [0.29, 0.717) is 13.2 Å². The van der Waals surface area contributed by atoms with Crippen LogP contribution in [0.4, 0.5) is 0 Å². The normalized spacial score (nSPS) is 16.1. The first-order valence-electron chi connectivity index (χ1n) is 5.35. The van der Waals surface area contributed by atoms with Crippen LogP contribution in [-0.4, -0.2) is 13.2 Å². The number of hydrogen-bond acceptors (Lipinski definition) is 2. The van der Waals surface area contributed by atoms with E-state index in [1.807, 2.05) is 18.2 Å². The van der Waals surface area contributed by atoms with E-state index >= 15 is 0 Å². The van der Waals surface area contributed by atoms with Gasteiger partial charge in [-0.25, -0.2) is 0 Å². The van der Waals surface area contributed by atoms with Gasteiger partial charge in [-0.15, -0.1) is 11.6 Å². The molecule has 0 radical (unpaired) electrons. The molecule has 2 rings (SSSR count). The van der Waals surface area contributed by atoms with Crippen LogP contribution in [0.2, 0.25) is 0 Å². The van der Waals surface area contributed by atoms with Crippen molar-refractivity contribution < 1.29 is 9.47 Å². The van der Waals surface area contributed by atoms with Crippen LogP contribution in [0.1, 0.15) is 30.7 Å². The summed E-state index contributed by atoms with van der Waals surface area (Å²) in [4.78, 5) is 0. The Morgan fingerprint density at radius 1 is 1.27 bits per heavy atom. The molecule has 1 aliphatic heterocycles. The van der Waals surface area contributed by atoms with Gasteiger partial charge in [-0.1, -0.05) is 19.4 Å². The molecule has 0 aromatic heterocycles. The Morgan fingerprint density at radius 3 is 2.73 bits per heavy atom. The third-order valence-electron chi connectivity index (χ3n) is 2.47. The van der Waals surface area contributed by atoms with Crippen LogP contribution in [0.3, 0.4) is 0 Å². The molecule has 0 N–H and O–H groups in total. The lowest BCUT2D eigenvalue weighted by molar-refractivity contribution is 0.171. The van der Waals surface area contributed by atoms with E-state index in [-0.39, 0.29) is 5.38 Å². The predicted molar refractivity (Wildman–Crippen MR) is 60.9 cm³/mol. The van der Waals surface area contributed by atoms with Crippen molar-refractivity contribution in [2.75, 3.05) is 13.2 Å². The Hall–Kier alpha value is -0.890. The quantitative estimate of drug-likeness (QED) is 0.734. The second-order valence-electron chi connectivity index (χ2n) is 3.66. The van der Waals surface area contributed by atoms with Crippen LogP contribution in [0.15, 0.2) is 18.2 Å². The first-order chi connectivity index (χ1) is 7.31. The van der Waals surface area contributed by atoms with Crippen molar-refractivity contribution in [3.63, 3.8) is 0 Å².